The van der Waals surface area contributed by atoms with Gasteiger partial charge < -0.3 is 15.4 Å². The predicted octanol–water partition coefficient (Wildman–Crippen LogP) is 1.84. The van der Waals surface area contributed by atoms with E-state index in [0.29, 0.717) is 13.2 Å². The van der Waals surface area contributed by atoms with Crippen LogP contribution in [0.3, 0.4) is 0 Å². The van der Waals surface area contributed by atoms with E-state index in [-0.39, 0.29) is 24.2 Å². The van der Waals surface area contributed by atoms with Gasteiger partial charge in [0.2, 0.25) is 5.91 Å². The lowest BCUT2D eigenvalue weighted by Gasteiger charge is -2.29. The third-order valence-electron chi connectivity index (χ3n) is 2.85. The number of carbonyl (C=O) groups is 1. The lowest BCUT2D eigenvalue weighted by molar-refractivity contribution is -0.123. The molecule has 112 valence electrons. The van der Waals surface area contributed by atoms with Crippen LogP contribution in [0.1, 0.15) is 6.92 Å². The Balaban J connectivity index is 0.00000200. The molecule has 20 heavy (non-hydrogen) atoms. The van der Waals surface area contributed by atoms with E-state index in [1.54, 1.807) is 6.92 Å². The molecule has 2 N–H and O–H groups in total. The van der Waals surface area contributed by atoms with E-state index in [9.17, 15) is 18.0 Å². The molecule has 1 heterocycles. The van der Waals surface area contributed by atoms with Gasteiger partial charge in [-0.2, -0.15) is 0 Å². The summed E-state index contributed by atoms with van der Waals surface area (Å²) in [6.07, 6.45) is -0.358. The van der Waals surface area contributed by atoms with E-state index in [1.807, 2.05) is 0 Å². The molecule has 0 saturated carbocycles. The number of hydrogen-bond acceptors (Lipinski definition) is 3. The lowest BCUT2D eigenvalue weighted by atomic mass is 10.1. The fourth-order valence-electron chi connectivity index (χ4n) is 1.88. The normalized spacial score (nSPS) is 22.0. The summed E-state index contributed by atoms with van der Waals surface area (Å²) in [6, 6.07) is 0.833. The minimum absolute atomic E-state index is 0. The number of benzene rings is 1. The van der Waals surface area contributed by atoms with Gasteiger partial charge in [-0.15, -0.1) is 12.4 Å². The summed E-state index contributed by atoms with van der Waals surface area (Å²) in [5.74, 6) is -4.75. The van der Waals surface area contributed by atoms with E-state index in [2.05, 4.69) is 10.6 Å². The van der Waals surface area contributed by atoms with Crippen molar-refractivity contribution >= 4 is 24.0 Å². The highest BCUT2D eigenvalue weighted by Crippen LogP contribution is 2.18. The first-order valence-electron chi connectivity index (χ1n) is 5.79. The summed E-state index contributed by atoms with van der Waals surface area (Å²) in [7, 11) is 0. The zero-order valence-corrected chi connectivity index (χ0v) is 11.4. The smallest absolute Gasteiger partial charge is 0.244 e. The van der Waals surface area contributed by atoms with Gasteiger partial charge in [-0.25, -0.2) is 13.2 Å². The predicted molar refractivity (Wildman–Crippen MR) is 69.4 cm³/mol. The Morgan fingerprint density at radius 1 is 1.35 bits per heavy atom. The number of carbonyl (C=O) groups excluding carboxylic acids is 1. The molecule has 4 nitrogen and oxygen atoms in total. The fraction of sp³-hybridized carbons (Fsp3) is 0.417. The molecular formula is C12H14ClF3N2O2. The molecule has 1 saturated heterocycles. The number of morpholine rings is 1. The van der Waals surface area contributed by atoms with E-state index in [4.69, 9.17) is 4.74 Å². The van der Waals surface area contributed by atoms with E-state index < -0.39 is 29.4 Å². The number of ether oxygens (including phenoxy) is 1. The van der Waals surface area contributed by atoms with Crippen LogP contribution in [0.25, 0.3) is 0 Å². The molecule has 1 aliphatic heterocycles. The second-order valence-electron chi connectivity index (χ2n) is 4.25. The summed E-state index contributed by atoms with van der Waals surface area (Å²) in [6.45, 7) is 2.71. The SMILES string of the molecule is C[C@H]1OCCN[C@@H]1C(=O)Nc1cc(F)c(F)c(F)c1.Cl. The van der Waals surface area contributed by atoms with Gasteiger partial charge in [-0.3, -0.25) is 4.79 Å². The summed E-state index contributed by atoms with van der Waals surface area (Å²) in [5.41, 5.74) is -0.138. The third kappa shape index (κ3) is 3.62. The minimum atomic E-state index is -1.56. The lowest BCUT2D eigenvalue weighted by Crippen LogP contribution is -2.53. The summed E-state index contributed by atoms with van der Waals surface area (Å²) < 4.78 is 44.1. The molecule has 1 fully saturated rings. The highest BCUT2D eigenvalue weighted by molar-refractivity contribution is 5.95. The molecule has 2 rings (SSSR count). The standard InChI is InChI=1S/C12H13F3N2O2.ClH/c1-6-11(16-2-3-19-6)12(18)17-7-4-8(13)10(15)9(14)5-7;/h4-6,11,16H,2-3H2,1H3,(H,17,18);1H/t6-,11+;/m1./s1. The maximum absolute atomic E-state index is 13.0. The molecule has 1 aromatic carbocycles. The van der Waals surface area contributed by atoms with Crippen LogP contribution >= 0.6 is 12.4 Å². The second-order valence-corrected chi connectivity index (χ2v) is 4.25. The van der Waals surface area contributed by atoms with Crippen molar-refractivity contribution in [2.24, 2.45) is 0 Å². The van der Waals surface area contributed by atoms with Crippen molar-refractivity contribution in [3.05, 3.63) is 29.6 Å². The molecule has 2 atom stereocenters. The molecule has 0 unspecified atom stereocenters. The average molecular weight is 311 g/mol. The first kappa shape index (κ1) is 16.7. The molecule has 0 aromatic heterocycles. The highest BCUT2D eigenvalue weighted by Gasteiger charge is 2.28. The molecule has 0 radical (unpaired) electrons. The van der Waals surface area contributed by atoms with E-state index in [1.165, 1.54) is 0 Å². The Morgan fingerprint density at radius 2 is 1.95 bits per heavy atom. The Kier molecular flexibility index (Phi) is 5.79. The number of halogens is 4. The van der Waals surface area contributed by atoms with E-state index in [0.717, 1.165) is 12.1 Å². The monoisotopic (exact) mass is 310 g/mol. The van der Waals surface area contributed by atoms with Gasteiger partial charge in [0.25, 0.3) is 0 Å². The zero-order chi connectivity index (χ0) is 14.0. The fourth-order valence-corrected chi connectivity index (χ4v) is 1.88. The first-order valence-corrected chi connectivity index (χ1v) is 5.79. The van der Waals surface area contributed by atoms with Gasteiger partial charge in [0.05, 0.1) is 12.7 Å². The van der Waals surface area contributed by atoms with Crippen LogP contribution in [0.4, 0.5) is 18.9 Å². The van der Waals surface area contributed by atoms with Crippen LogP contribution in [0.5, 0.6) is 0 Å². The van der Waals surface area contributed by atoms with Gasteiger partial charge in [-0.1, -0.05) is 0 Å². The Bertz CT molecular complexity index is 479. The molecule has 0 bridgehead atoms. The topological polar surface area (TPSA) is 50.4 Å². The first-order chi connectivity index (χ1) is 8.99. The van der Waals surface area contributed by atoms with Gasteiger partial charge in [0, 0.05) is 24.4 Å². The van der Waals surface area contributed by atoms with Gasteiger partial charge >= 0.3 is 0 Å². The molecule has 0 spiro atoms. The maximum Gasteiger partial charge on any atom is 0.244 e. The van der Waals surface area contributed by atoms with Crippen molar-refractivity contribution < 1.29 is 22.7 Å². The van der Waals surface area contributed by atoms with Crippen molar-refractivity contribution in [2.45, 2.75) is 19.1 Å². The van der Waals surface area contributed by atoms with Crippen LogP contribution in [-0.2, 0) is 9.53 Å². The van der Waals surface area contributed by atoms with Crippen molar-refractivity contribution in [2.75, 3.05) is 18.5 Å². The Hall–Kier alpha value is -1.31. The molecule has 1 aromatic rings. The Morgan fingerprint density at radius 3 is 2.50 bits per heavy atom. The van der Waals surface area contributed by atoms with Crippen LogP contribution in [-0.4, -0.2) is 31.2 Å². The van der Waals surface area contributed by atoms with Crippen LogP contribution in [0, 0.1) is 17.5 Å². The quantitative estimate of drug-likeness (QED) is 0.820. The zero-order valence-electron chi connectivity index (χ0n) is 10.6. The van der Waals surface area contributed by atoms with Crippen molar-refractivity contribution in [3.63, 3.8) is 0 Å². The second kappa shape index (κ2) is 6.92. The largest absolute Gasteiger partial charge is 0.375 e. The van der Waals surface area contributed by atoms with Crippen molar-refractivity contribution in [1.82, 2.24) is 5.32 Å². The number of amides is 1. The van der Waals surface area contributed by atoms with Crippen molar-refractivity contribution in [1.29, 1.82) is 0 Å². The summed E-state index contributed by atoms with van der Waals surface area (Å²) in [5, 5.41) is 5.25. The van der Waals surface area contributed by atoms with Crippen molar-refractivity contribution in [3.8, 4) is 0 Å². The minimum Gasteiger partial charge on any atom is -0.375 e. The molecule has 8 heteroatoms. The molecule has 1 aliphatic rings. The van der Waals surface area contributed by atoms with E-state index >= 15 is 0 Å². The average Bonchev–Trinajstić information content (AvgIpc) is 2.36. The Labute approximate surface area is 120 Å². The number of anilines is 1. The third-order valence-corrected chi connectivity index (χ3v) is 2.85. The maximum atomic E-state index is 13.0. The highest BCUT2D eigenvalue weighted by atomic mass is 35.5. The van der Waals surface area contributed by atoms with Gasteiger partial charge in [0.15, 0.2) is 17.5 Å². The van der Waals surface area contributed by atoms with Crippen LogP contribution in [0.15, 0.2) is 12.1 Å². The molecular weight excluding hydrogens is 297 g/mol. The molecule has 1 amide bonds. The number of rotatable bonds is 2. The van der Waals surface area contributed by atoms with Gasteiger partial charge in [-0.05, 0) is 6.92 Å². The molecule has 0 aliphatic carbocycles. The summed E-state index contributed by atoms with van der Waals surface area (Å²) in [4.78, 5) is 11.9. The summed E-state index contributed by atoms with van der Waals surface area (Å²) >= 11 is 0. The van der Waals surface area contributed by atoms with Gasteiger partial charge in [0.1, 0.15) is 6.04 Å². The van der Waals surface area contributed by atoms with Crippen LogP contribution < -0.4 is 10.6 Å². The van der Waals surface area contributed by atoms with Crippen LogP contribution in [0.2, 0.25) is 0 Å². The number of nitrogens with one attached hydrogen (secondary N) is 2. The number of hydrogen-bond donors (Lipinski definition) is 2.